The Kier molecular flexibility index (Phi) is 6.18. The normalized spacial score (nSPS) is 15.9. The van der Waals surface area contributed by atoms with E-state index < -0.39 is 33.5 Å². The molecule has 1 saturated heterocycles. The van der Waals surface area contributed by atoms with Gasteiger partial charge in [0.05, 0.1) is 17.7 Å². The molecular formula is C20H22F2N2O4S. The lowest BCUT2D eigenvalue weighted by atomic mass is 9.97. The van der Waals surface area contributed by atoms with E-state index in [2.05, 4.69) is 5.32 Å². The van der Waals surface area contributed by atoms with Crippen LogP contribution in [0.2, 0.25) is 0 Å². The van der Waals surface area contributed by atoms with Crippen LogP contribution in [0.4, 0.5) is 14.5 Å². The number of ether oxygens (including phenoxy) is 1. The van der Waals surface area contributed by atoms with Gasteiger partial charge < -0.3 is 10.1 Å². The molecule has 156 valence electrons. The third kappa shape index (κ3) is 4.56. The van der Waals surface area contributed by atoms with Crippen molar-refractivity contribution in [3.05, 3.63) is 53.6 Å². The highest BCUT2D eigenvalue weighted by Crippen LogP contribution is 2.28. The van der Waals surface area contributed by atoms with Gasteiger partial charge in [0.15, 0.2) is 0 Å². The lowest BCUT2D eigenvalue weighted by molar-refractivity contribution is -0.120. The number of amides is 1. The molecule has 0 spiro atoms. The Labute approximate surface area is 168 Å². The summed E-state index contributed by atoms with van der Waals surface area (Å²) in [5.74, 6) is -1.84. The number of carbonyl (C=O) groups excluding carboxylic acids is 1. The average Bonchev–Trinajstić information content (AvgIpc) is 2.70. The van der Waals surface area contributed by atoms with Gasteiger partial charge in [-0.05, 0) is 55.7 Å². The zero-order chi connectivity index (χ0) is 21.2. The molecule has 6 nitrogen and oxygen atoms in total. The van der Waals surface area contributed by atoms with E-state index >= 15 is 0 Å². The summed E-state index contributed by atoms with van der Waals surface area (Å²) in [4.78, 5) is 12.6. The van der Waals surface area contributed by atoms with E-state index in [9.17, 15) is 22.0 Å². The van der Waals surface area contributed by atoms with E-state index in [4.69, 9.17) is 4.74 Å². The fraction of sp³-hybridized carbons (Fsp3) is 0.350. The number of nitrogens with zero attached hydrogens (tertiary/aromatic N) is 1. The van der Waals surface area contributed by atoms with E-state index in [0.29, 0.717) is 30.2 Å². The summed E-state index contributed by atoms with van der Waals surface area (Å²) in [7, 11) is -2.17. The maximum atomic E-state index is 13.7. The topological polar surface area (TPSA) is 75.7 Å². The van der Waals surface area contributed by atoms with Crippen molar-refractivity contribution < 1.29 is 26.7 Å². The minimum atomic E-state index is -3.68. The summed E-state index contributed by atoms with van der Waals surface area (Å²) in [6.07, 6.45) is 0.617. The largest absolute Gasteiger partial charge is 0.496 e. The number of carbonyl (C=O) groups is 1. The molecule has 1 N–H and O–H groups in total. The van der Waals surface area contributed by atoms with Gasteiger partial charge in [0.1, 0.15) is 17.4 Å². The Morgan fingerprint density at radius 2 is 1.83 bits per heavy atom. The first-order valence-corrected chi connectivity index (χ1v) is 10.6. The Morgan fingerprint density at radius 3 is 2.41 bits per heavy atom. The summed E-state index contributed by atoms with van der Waals surface area (Å²) in [6, 6.07) is 7.59. The molecule has 0 saturated carbocycles. The van der Waals surface area contributed by atoms with Gasteiger partial charge in [0.25, 0.3) is 0 Å². The van der Waals surface area contributed by atoms with Crippen LogP contribution in [0, 0.1) is 24.5 Å². The first kappa shape index (κ1) is 21.2. The van der Waals surface area contributed by atoms with Crippen LogP contribution in [0.3, 0.4) is 0 Å². The molecule has 0 unspecified atom stereocenters. The predicted octanol–water partition coefficient (Wildman–Crippen LogP) is 3.32. The van der Waals surface area contributed by atoms with Gasteiger partial charge in [-0.1, -0.05) is 0 Å². The van der Waals surface area contributed by atoms with Crippen LogP contribution in [0.1, 0.15) is 18.4 Å². The van der Waals surface area contributed by atoms with Crippen molar-refractivity contribution in [2.24, 2.45) is 5.92 Å². The van der Waals surface area contributed by atoms with Crippen molar-refractivity contribution in [2.45, 2.75) is 24.7 Å². The maximum absolute atomic E-state index is 13.7. The Bertz CT molecular complexity index is 1020. The van der Waals surface area contributed by atoms with Crippen LogP contribution in [0.15, 0.2) is 41.3 Å². The van der Waals surface area contributed by atoms with Crippen molar-refractivity contribution in [3.63, 3.8) is 0 Å². The van der Waals surface area contributed by atoms with Crippen LogP contribution in [-0.4, -0.2) is 38.8 Å². The van der Waals surface area contributed by atoms with Crippen LogP contribution >= 0.6 is 0 Å². The lowest BCUT2D eigenvalue weighted by Gasteiger charge is -2.30. The van der Waals surface area contributed by atoms with Crippen LogP contribution in [0.25, 0.3) is 0 Å². The molecule has 2 aromatic carbocycles. The third-order valence-corrected chi connectivity index (χ3v) is 6.91. The molecule has 1 amide bonds. The smallest absolute Gasteiger partial charge is 0.243 e. The molecule has 0 aliphatic carbocycles. The van der Waals surface area contributed by atoms with Crippen molar-refractivity contribution in [2.75, 3.05) is 25.5 Å². The van der Waals surface area contributed by atoms with Crippen LogP contribution in [-0.2, 0) is 14.8 Å². The number of hydrogen-bond donors (Lipinski definition) is 1. The Balaban J connectivity index is 1.65. The number of nitrogens with one attached hydrogen (secondary N) is 1. The highest BCUT2D eigenvalue weighted by atomic mass is 32.2. The van der Waals surface area contributed by atoms with E-state index in [1.165, 1.54) is 17.5 Å². The van der Waals surface area contributed by atoms with Crippen LogP contribution in [0.5, 0.6) is 5.75 Å². The summed E-state index contributed by atoms with van der Waals surface area (Å²) in [5, 5.41) is 2.45. The second-order valence-electron chi connectivity index (χ2n) is 6.92. The summed E-state index contributed by atoms with van der Waals surface area (Å²) in [6.45, 7) is 2.12. The number of piperidine rings is 1. The van der Waals surface area contributed by atoms with E-state index in [1.54, 1.807) is 19.1 Å². The third-order valence-electron chi connectivity index (χ3n) is 5.02. The number of sulfonamides is 1. The second kappa shape index (κ2) is 8.46. The summed E-state index contributed by atoms with van der Waals surface area (Å²) in [5.41, 5.74) is 0.615. The van der Waals surface area contributed by atoms with Crippen molar-refractivity contribution >= 4 is 21.6 Å². The zero-order valence-electron chi connectivity index (χ0n) is 16.1. The van der Waals surface area contributed by atoms with Gasteiger partial charge in [-0.2, -0.15) is 4.31 Å². The van der Waals surface area contributed by atoms with Crippen molar-refractivity contribution in [1.82, 2.24) is 4.31 Å². The summed E-state index contributed by atoms with van der Waals surface area (Å²) < 4.78 is 59.0. The zero-order valence-corrected chi connectivity index (χ0v) is 16.9. The van der Waals surface area contributed by atoms with Crippen LogP contribution < -0.4 is 10.1 Å². The molecule has 29 heavy (non-hydrogen) atoms. The van der Waals surface area contributed by atoms with E-state index in [1.807, 2.05) is 0 Å². The molecule has 0 atom stereocenters. The number of benzene rings is 2. The number of halogens is 2. The molecule has 0 aromatic heterocycles. The molecule has 1 aliphatic rings. The Morgan fingerprint density at radius 1 is 1.14 bits per heavy atom. The fourth-order valence-corrected chi connectivity index (χ4v) is 4.90. The average molecular weight is 424 g/mol. The molecule has 1 aliphatic heterocycles. The standard InChI is InChI=1S/C20H22F2N2O4S/c1-13-11-16(4-6-19(13)28-2)29(26,27)24-9-7-14(8-10-24)20(25)23-18-5-3-15(21)12-17(18)22/h3-6,11-12,14H,7-10H2,1-2H3,(H,23,25). The second-order valence-corrected chi connectivity index (χ2v) is 8.86. The Hall–Kier alpha value is -2.52. The lowest BCUT2D eigenvalue weighted by Crippen LogP contribution is -2.41. The fourth-order valence-electron chi connectivity index (χ4n) is 3.34. The van der Waals surface area contributed by atoms with Crippen molar-refractivity contribution in [3.8, 4) is 5.75 Å². The number of aryl methyl sites for hydroxylation is 1. The highest BCUT2D eigenvalue weighted by Gasteiger charge is 2.32. The van der Waals surface area contributed by atoms with Gasteiger partial charge in [-0.3, -0.25) is 4.79 Å². The number of methoxy groups -OCH3 is 1. The quantitative estimate of drug-likeness (QED) is 0.799. The monoisotopic (exact) mass is 424 g/mol. The molecule has 0 radical (unpaired) electrons. The van der Waals surface area contributed by atoms with Gasteiger partial charge in [0, 0.05) is 25.1 Å². The molecule has 9 heteroatoms. The van der Waals surface area contributed by atoms with Gasteiger partial charge in [-0.15, -0.1) is 0 Å². The van der Waals surface area contributed by atoms with Gasteiger partial charge in [0.2, 0.25) is 15.9 Å². The van der Waals surface area contributed by atoms with Gasteiger partial charge >= 0.3 is 0 Å². The maximum Gasteiger partial charge on any atom is 0.243 e. The number of hydrogen-bond acceptors (Lipinski definition) is 4. The van der Waals surface area contributed by atoms with E-state index in [0.717, 1.165) is 12.1 Å². The SMILES string of the molecule is COc1ccc(S(=O)(=O)N2CCC(C(=O)Nc3ccc(F)cc3F)CC2)cc1C. The number of rotatable bonds is 5. The molecule has 3 rings (SSSR count). The number of anilines is 1. The predicted molar refractivity (Wildman–Crippen MR) is 104 cm³/mol. The molecule has 1 fully saturated rings. The minimum absolute atomic E-state index is 0.0971. The first-order valence-electron chi connectivity index (χ1n) is 9.13. The highest BCUT2D eigenvalue weighted by molar-refractivity contribution is 7.89. The van der Waals surface area contributed by atoms with E-state index in [-0.39, 0.29) is 23.7 Å². The molecule has 0 bridgehead atoms. The summed E-state index contributed by atoms with van der Waals surface area (Å²) >= 11 is 0. The minimum Gasteiger partial charge on any atom is -0.496 e. The molecule has 2 aromatic rings. The van der Waals surface area contributed by atoms with Crippen molar-refractivity contribution in [1.29, 1.82) is 0 Å². The first-order chi connectivity index (χ1) is 13.7. The van der Waals surface area contributed by atoms with Gasteiger partial charge in [-0.25, -0.2) is 17.2 Å². The molecular weight excluding hydrogens is 402 g/mol. The molecule has 1 heterocycles.